The fraction of sp³-hybridized carbons (Fsp3) is 0.600. The summed E-state index contributed by atoms with van der Waals surface area (Å²) in [6.07, 6.45) is 0.918. The van der Waals surface area contributed by atoms with E-state index in [1.807, 2.05) is 0 Å². The zero-order valence-corrected chi connectivity index (χ0v) is 21.4. The first kappa shape index (κ1) is 27.9. The van der Waals surface area contributed by atoms with Gasteiger partial charge in [-0.15, -0.1) is 0 Å². The number of halogens is 3. The van der Waals surface area contributed by atoms with Crippen molar-refractivity contribution in [3.05, 3.63) is 29.3 Å². The molecule has 7 nitrogen and oxygen atoms in total. The zero-order chi connectivity index (χ0) is 26.7. The lowest BCUT2D eigenvalue weighted by molar-refractivity contribution is -0.137. The Bertz CT molecular complexity index is 1050. The Hall–Kier alpha value is -2.71. The molecular formula is C25H32F3N5O2S. The van der Waals surface area contributed by atoms with Crippen molar-refractivity contribution >= 4 is 34.8 Å². The van der Waals surface area contributed by atoms with Gasteiger partial charge < -0.3 is 15.5 Å². The molecule has 2 N–H and O–H groups in total. The molecule has 2 aliphatic rings. The fourth-order valence-electron chi connectivity index (χ4n) is 4.85. The van der Waals surface area contributed by atoms with Crippen molar-refractivity contribution in [1.29, 1.82) is 5.26 Å². The smallest absolute Gasteiger partial charge is 0.369 e. The van der Waals surface area contributed by atoms with Gasteiger partial charge in [-0.1, -0.05) is 19.3 Å². The minimum Gasteiger partial charge on any atom is -0.369 e. The first-order valence-corrected chi connectivity index (χ1v) is 12.6. The first-order valence-electron chi connectivity index (χ1n) is 12.2. The van der Waals surface area contributed by atoms with E-state index in [9.17, 15) is 22.8 Å². The summed E-state index contributed by atoms with van der Waals surface area (Å²) in [6.45, 7) is 6.54. The van der Waals surface area contributed by atoms with Crippen molar-refractivity contribution in [1.82, 2.24) is 9.80 Å². The van der Waals surface area contributed by atoms with Crippen LogP contribution in [-0.2, 0) is 15.8 Å². The van der Waals surface area contributed by atoms with Crippen molar-refractivity contribution in [3.63, 3.8) is 0 Å². The second-order valence-corrected chi connectivity index (χ2v) is 10.3. The minimum atomic E-state index is -4.72. The van der Waals surface area contributed by atoms with Crippen molar-refractivity contribution < 1.29 is 22.8 Å². The number of benzene rings is 1. The summed E-state index contributed by atoms with van der Waals surface area (Å²) in [6, 6.07) is 4.76. The van der Waals surface area contributed by atoms with E-state index >= 15 is 0 Å². The third-order valence-corrected chi connectivity index (χ3v) is 7.44. The molecule has 0 aromatic heterocycles. The molecule has 1 atom stereocenters. The molecule has 0 radical (unpaired) electrons. The molecule has 0 spiro atoms. The Balaban J connectivity index is 1.52. The van der Waals surface area contributed by atoms with Crippen molar-refractivity contribution in [2.75, 3.05) is 31.1 Å². The van der Waals surface area contributed by atoms with Gasteiger partial charge in [-0.05, 0) is 76.6 Å². The largest absolute Gasteiger partial charge is 0.417 e. The molecule has 1 unspecified atom stereocenters. The Labute approximate surface area is 215 Å². The number of thiocarbonyl (C=S) groups is 1. The van der Waals surface area contributed by atoms with Gasteiger partial charge in [-0.25, -0.2) is 0 Å². The van der Waals surface area contributed by atoms with Gasteiger partial charge in [0.05, 0.1) is 28.8 Å². The molecule has 1 aromatic carbocycles. The van der Waals surface area contributed by atoms with Gasteiger partial charge in [0, 0.05) is 13.1 Å². The van der Waals surface area contributed by atoms with Crippen LogP contribution in [0.25, 0.3) is 0 Å². The predicted molar refractivity (Wildman–Crippen MR) is 134 cm³/mol. The maximum absolute atomic E-state index is 13.4. The van der Waals surface area contributed by atoms with Crippen LogP contribution in [0.15, 0.2) is 18.2 Å². The molecule has 2 amide bonds. The van der Waals surface area contributed by atoms with E-state index in [1.165, 1.54) is 6.07 Å². The van der Waals surface area contributed by atoms with Gasteiger partial charge in [0.15, 0.2) is 5.11 Å². The number of hydrogen-bond acceptors (Lipinski definition) is 5. The number of anilines is 1. The Morgan fingerprint density at radius 3 is 2.42 bits per heavy atom. The second-order valence-electron chi connectivity index (χ2n) is 9.93. The van der Waals surface area contributed by atoms with Crippen molar-refractivity contribution in [2.45, 2.75) is 64.1 Å². The number of nitrogens with two attached hydrogens (primary N) is 1. The number of amides is 2. The van der Waals surface area contributed by atoms with E-state index in [2.05, 4.69) is 4.90 Å². The van der Waals surface area contributed by atoms with E-state index in [-0.39, 0.29) is 22.6 Å². The molecule has 2 saturated heterocycles. The molecule has 196 valence electrons. The molecular weight excluding hydrogens is 491 g/mol. The van der Waals surface area contributed by atoms with Crippen LogP contribution in [0.2, 0.25) is 0 Å². The minimum absolute atomic E-state index is 0.00684. The van der Waals surface area contributed by atoms with Crippen LogP contribution >= 0.6 is 12.2 Å². The van der Waals surface area contributed by atoms with Gasteiger partial charge in [0.1, 0.15) is 5.54 Å². The maximum atomic E-state index is 13.4. The Kier molecular flexibility index (Phi) is 8.62. The van der Waals surface area contributed by atoms with Crippen LogP contribution in [0.1, 0.15) is 63.5 Å². The van der Waals surface area contributed by atoms with E-state index in [4.69, 9.17) is 23.2 Å². The molecule has 2 aliphatic heterocycles. The topological polar surface area (TPSA) is 93.7 Å². The summed E-state index contributed by atoms with van der Waals surface area (Å²) in [4.78, 5) is 29.6. The van der Waals surface area contributed by atoms with Gasteiger partial charge in [-0.2, -0.15) is 18.4 Å². The number of nitrogens with zero attached hydrogens (tertiary/aromatic N) is 4. The molecule has 2 fully saturated rings. The molecule has 1 aromatic rings. The molecule has 0 aliphatic carbocycles. The van der Waals surface area contributed by atoms with Gasteiger partial charge in [-0.3, -0.25) is 14.5 Å². The van der Waals surface area contributed by atoms with Crippen LogP contribution in [0, 0.1) is 17.2 Å². The number of carbonyl (C=O) groups excluding carboxylic acids is 2. The van der Waals surface area contributed by atoms with E-state index in [0.29, 0.717) is 6.54 Å². The summed E-state index contributed by atoms with van der Waals surface area (Å²) in [7, 11) is 0. The highest BCUT2D eigenvalue weighted by Crippen LogP contribution is 2.38. The van der Waals surface area contributed by atoms with Crippen molar-refractivity contribution in [2.24, 2.45) is 11.7 Å². The molecule has 36 heavy (non-hydrogen) atoms. The molecule has 3 rings (SSSR count). The lowest BCUT2D eigenvalue weighted by Crippen LogP contribution is -2.44. The van der Waals surface area contributed by atoms with E-state index in [0.717, 1.165) is 75.2 Å². The third kappa shape index (κ3) is 5.98. The number of hydrogen-bond donors (Lipinski definition) is 1. The summed E-state index contributed by atoms with van der Waals surface area (Å²) < 4.78 is 40.3. The van der Waals surface area contributed by atoms with E-state index < -0.39 is 28.7 Å². The lowest BCUT2D eigenvalue weighted by atomic mass is 10.0. The highest BCUT2D eigenvalue weighted by molar-refractivity contribution is 7.80. The van der Waals surface area contributed by atoms with Gasteiger partial charge >= 0.3 is 6.18 Å². The number of rotatable bonds is 10. The predicted octanol–water partition coefficient (Wildman–Crippen LogP) is 4.05. The maximum Gasteiger partial charge on any atom is 0.417 e. The highest BCUT2D eigenvalue weighted by atomic mass is 32.1. The van der Waals surface area contributed by atoms with Crippen molar-refractivity contribution in [3.8, 4) is 6.07 Å². The number of carbonyl (C=O) groups is 2. The van der Waals surface area contributed by atoms with Crippen LogP contribution in [0.3, 0.4) is 0 Å². The first-order chi connectivity index (χ1) is 16.9. The summed E-state index contributed by atoms with van der Waals surface area (Å²) in [5.74, 6) is -0.660. The molecule has 0 bridgehead atoms. The Morgan fingerprint density at radius 2 is 1.83 bits per heavy atom. The monoisotopic (exact) mass is 523 g/mol. The van der Waals surface area contributed by atoms with Crippen LogP contribution < -0.4 is 10.6 Å². The normalized spacial score (nSPS) is 20.3. The zero-order valence-electron chi connectivity index (χ0n) is 20.6. The number of likely N-dealkylation sites (tertiary alicyclic amines) is 1. The van der Waals surface area contributed by atoms with E-state index in [1.54, 1.807) is 24.8 Å². The van der Waals surface area contributed by atoms with Crippen LogP contribution in [0.4, 0.5) is 18.9 Å². The summed E-state index contributed by atoms with van der Waals surface area (Å²) in [5.41, 5.74) is 2.80. The summed E-state index contributed by atoms with van der Waals surface area (Å²) >= 11 is 5.52. The number of primary amides is 1. The molecule has 0 saturated carbocycles. The average molecular weight is 524 g/mol. The standard InChI is InChI=1S/C25H32F3N5O2S/c1-24(2)22(35)33(19-9-8-17(15-29)20(14-19)25(26,27)28)23(36)32(24)12-7-5-3-4-6-11-31-13-10-18(16-31)21(30)34/h8-9,14,18H,3-7,10-13,16H2,1-2H3,(H2,30,34). The van der Waals surface area contributed by atoms with Crippen LogP contribution in [-0.4, -0.2) is 58.4 Å². The molecule has 2 heterocycles. The van der Waals surface area contributed by atoms with Gasteiger partial charge in [0.25, 0.3) is 5.91 Å². The third-order valence-electron chi connectivity index (χ3n) is 7.04. The second kappa shape index (κ2) is 11.1. The fourth-order valence-corrected chi connectivity index (χ4v) is 5.35. The lowest BCUT2D eigenvalue weighted by Gasteiger charge is -2.29. The summed E-state index contributed by atoms with van der Waals surface area (Å²) in [5, 5.41) is 9.21. The highest BCUT2D eigenvalue weighted by Gasteiger charge is 2.49. The van der Waals surface area contributed by atoms with Gasteiger partial charge in [0.2, 0.25) is 5.91 Å². The molecule has 11 heteroatoms. The number of nitriles is 1. The average Bonchev–Trinajstić information content (AvgIpc) is 3.34. The number of alkyl halides is 3. The SMILES string of the molecule is CC1(C)C(=O)N(c2ccc(C#N)c(C(F)(F)F)c2)C(=S)N1CCCCCCCN1CCC(C(N)=O)C1. The Morgan fingerprint density at radius 1 is 1.19 bits per heavy atom. The quantitative estimate of drug-likeness (QED) is 0.368. The van der Waals surface area contributed by atoms with Crippen LogP contribution in [0.5, 0.6) is 0 Å². The number of unbranched alkanes of at least 4 members (excludes halogenated alkanes) is 4.